The summed E-state index contributed by atoms with van der Waals surface area (Å²) in [6.07, 6.45) is 0.755. The van der Waals surface area contributed by atoms with Gasteiger partial charge in [-0.25, -0.2) is 0 Å². The summed E-state index contributed by atoms with van der Waals surface area (Å²) in [6.45, 7) is 2.91. The van der Waals surface area contributed by atoms with Gasteiger partial charge in [0.25, 0.3) is 0 Å². The van der Waals surface area contributed by atoms with Crippen LogP contribution in [0.4, 0.5) is 5.69 Å². The second-order valence-electron chi connectivity index (χ2n) is 5.33. The van der Waals surface area contributed by atoms with Crippen molar-refractivity contribution < 1.29 is 8.42 Å². The maximum atomic E-state index is 12.5. The van der Waals surface area contributed by atoms with Gasteiger partial charge in [0.1, 0.15) is 0 Å². The molecule has 1 heterocycles. The number of hydrogen-bond acceptors (Lipinski definition) is 2. The van der Waals surface area contributed by atoms with Crippen molar-refractivity contribution >= 4 is 15.9 Å². The molecule has 0 aliphatic carbocycles. The monoisotopic (exact) mass is 302 g/mol. The first-order chi connectivity index (χ1) is 10.0. The van der Waals surface area contributed by atoms with Crippen molar-refractivity contribution in [3.8, 4) is 0 Å². The summed E-state index contributed by atoms with van der Waals surface area (Å²) in [5.74, 6) is 0. The van der Waals surface area contributed by atoms with Crippen molar-refractivity contribution in [1.82, 2.24) is 4.31 Å². The lowest BCUT2D eigenvalue weighted by atomic mass is 10.0. The van der Waals surface area contributed by atoms with Crippen LogP contribution in [0.1, 0.15) is 16.7 Å². The third-order valence-corrected chi connectivity index (χ3v) is 5.22. The largest absolute Gasteiger partial charge is 0.301 e. The Morgan fingerprint density at radius 3 is 2.38 bits per heavy atom. The van der Waals surface area contributed by atoms with E-state index in [0.717, 1.165) is 17.5 Å². The molecule has 0 radical (unpaired) electrons. The molecule has 2 aromatic carbocycles. The van der Waals surface area contributed by atoms with E-state index in [9.17, 15) is 8.42 Å². The predicted octanol–water partition coefficient (Wildman–Crippen LogP) is 2.71. The summed E-state index contributed by atoms with van der Waals surface area (Å²) in [4.78, 5) is 0. The second-order valence-corrected chi connectivity index (χ2v) is 7.00. The lowest BCUT2D eigenvalue weighted by Gasteiger charge is -2.28. The van der Waals surface area contributed by atoms with Gasteiger partial charge in [0.05, 0.1) is 0 Å². The Bertz CT molecular complexity index is 739. The fourth-order valence-electron chi connectivity index (χ4n) is 2.51. The van der Waals surface area contributed by atoms with Crippen molar-refractivity contribution in [3.05, 3.63) is 65.2 Å². The Labute approximate surface area is 125 Å². The van der Waals surface area contributed by atoms with Crippen molar-refractivity contribution in [2.24, 2.45) is 0 Å². The van der Waals surface area contributed by atoms with E-state index in [0.29, 0.717) is 18.8 Å². The number of nitrogens with one attached hydrogen (secondary N) is 1. The van der Waals surface area contributed by atoms with Crippen LogP contribution in [0.5, 0.6) is 0 Å². The zero-order valence-electron chi connectivity index (χ0n) is 11.9. The van der Waals surface area contributed by atoms with Gasteiger partial charge < -0.3 is 0 Å². The number of rotatable bonds is 3. The maximum Gasteiger partial charge on any atom is 0.301 e. The third kappa shape index (κ3) is 3.09. The number of nitrogens with zero attached hydrogens (tertiary/aromatic N) is 1. The molecule has 5 heteroatoms. The first kappa shape index (κ1) is 14.1. The Hall–Kier alpha value is -1.85. The highest BCUT2D eigenvalue weighted by Gasteiger charge is 2.26. The number of anilines is 1. The van der Waals surface area contributed by atoms with Gasteiger partial charge in [0.2, 0.25) is 0 Å². The topological polar surface area (TPSA) is 49.4 Å². The van der Waals surface area contributed by atoms with Crippen molar-refractivity contribution in [2.45, 2.75) is 19.9 Å². The minimum Gasteiger partial charge on any atom is -0.271 e. The summed E-state index contributed by atoms with van der Waals surface area (Å²) in [7, 11) is -3.51. The van der Waals surface area contributed by atoms with Crippen LogP contribution in [0, 0.1) is 6.92 Å². The van der Waals surface area contributed by atoms with E-state index in [1.165, 1.54) is 9.87 Å². The van der Waals surface area contributed by atoms with E-state index >= 15 is 0 Å². The quantitative estimate of drug-likeness (QED) is 0.947. The zero-order valence-corrected chi connectivity index (χ0v) is 12.7. The molecule has 0 unspecified atom stereocenters. The average Bonchev–Trinajstić information content (AvgIpc) is 2.49. The van der Waals surface area contributed by atoms with Gasteiger partial charge in [-0.2, -0.15) is 12.7 Å². The van der Waals surface area contributed by atoms with Crippen LogP contribution < -0.4 is 4.72 Å². The van der Waals surface area contributed by atoms with Crippen molar-refractivity contribution in [3.63, 3.8) is 0 Å². The SMILES string of the molecule is Cc1ccc(NS(=O)(=O)N2CCc3ccccc3C2)cc1. The number of aryl methyl sites for hydroxylation is 1. The van der Waals surface area contributed by atoms with E-state index in [4.69, 9.17) is 0 Å². The molecule has 4 nitrogen and oxygen atoms in total. The van der Waals surface area contributed by atoms with Crippen molar-refractivity contribution in [1.29, 1.82) is 0 Å². The molecular formula is C16H18N2O2S. The van der Waals surface area contributed by atoms with Crippen LogP contribution in [-0.2, 0) is 23.2 Å². The highest BCUT2D eigenvalue weighted by atomic mass is 32.2. The van der Waals surface area contributed by atoms with Gasteiger partial charge >= 0.3 is 10.2 Å². The molecule has 0 saturated heterocycles. The first-order valence-corrected chi connectivity index (χ1v) is 8.40. The molecule has 1 N–H and O–H groups in total. The third-order valence-electron chi connectivity index (χ3n) is 3.73. The van der Waals surface area contributed by atoms with E-state index in [1.807, 2.05) is 37.3 Å². The van der Waals surface area contributed by atoms with Gasteiger partial charge in [-0.3, -0.25) is 4.72 Å². The minimum absolute atomic E-state index is 0.428. The predicted molar refractivity (Wildman–Crippen MR) is 84.3 cm³/mol. The Balaban J connectivity index is 1.78. The van der Waals surface area contributed by atoms with Crippen LogP contribution in [0.25, 0.3) is 0 Å². The maximum absolute atomic E-state index is 12.5. The lowest BCUT2D eigenvalue weighted by Crippen LogP contribution is -2.39. The van der Waals surface area contributed by atoms with Crippen LogP contribution in [0.2, 0.25) is 0 Å². The summed E-state index contributed by atoms with van der Waals surface area (Å²) in [6, 6.07) is 15.3. The summed E-state index contributed by atoms with van der Waals surface area (Å²) in [5.41, 5.74) is 4.02. The normalized spacial score (nSPS) is 15.5. The Morgan fingerprint density at radius 2 is 1.67 bits per heavy atom. The smallest absolute Gasteiger partial charge is 0.271 e. The van der Waals surface area contributed by atoms with E-state index in [1.54, 1.807) is 12.1 Å². The van der Waals surface area contributed by atoms with E-state index in [-0.39, 0.29) is 0 Å². The zero-order chi connectivity index (χ0) is 14.9. The number of benzene rings is 2. The summed E-state index contributed by atoms with van der Waals surface area (Å²) < 4.78 is 29.1. The Morgan fingerprint density at radius 1 is 1.00 bits per heavy atom. The molecule has 0 saturated carbocycles. The molecule has 0 spiro atoms. The fourth-order valence-corrected chi connectivity index (χ4v) is 3.71. The van der Waals surface area contributed by atoms with E-state index in [2.05, 4.69) is 10.8 Å². The molecule has 0 atom stereocenters. The first-order valence-electron chi connectivity index (χ1n) is 6.96. The lowest BCUT2D eigenvalue weighted by molar-refractivity contribution is 0.394. The summed E-state index contributed by atoms with van der Waals surface area (Å²) in [5, 5.41) is 0. The second kappa shape index (κ2) is 5.50. The molecule has 0 bridgehead atoms. The van der Waals surface area contributed by atoms with Crippen LogP contribution in [0.15, 0.2) is 48.5 Å². The fraction of sp³-hybridized carbons (Fsp3) is 0.250. The molecule has 1 aliphatic rings. The van der Waals surface area contributed by atoms with Gasteiger partial charge in [0.15, 0.2) is 0 Å². The number of hydrogen-bond donors (Lipinski definition) is 1. The minimum atomic E-state index is -3.51. The molecule has 0 aromatic heterocycles. The molecule has 21 heavy (non-hydrogen) atoms. The molecule has 0 fully saturated rings. The molecular weight excluding hydrogens is 284 g/mol. The van der Waals surface area contributed by atoms with Gasteiger partial charge in [-0.1, -0.05) is 42.0 Å². The molecule has 110 valence electrons. The highest BCUT2D eigenvalue weighted by Crippen LogP contribution is 2.22. The van der Waals surface area contributed by atoms with Crippen LogP contribution in [-0.4, -0.2) is 19.3 Å². The van der Waals surface area contributed by atoms with Gasteiger partial charge in [0, 0.05) is 18.8 Å². The number of fused-ring (bicyclic) bond motifs is 1. The molecule has 2 aromatic rings. The molecule has 3 rings (SSSR count). The average molecular weight is 302 g/mol. The van der Waals surface area contributed by atoms with Crippen LogP contribution in [0.3, 0.4) is 0 Å². The summed E-state index contributed by atoms with van der Waals surface area (Å²) >= 11 is 0. The van der Waals surface area contributed by atoms with E-state index < -0.39 is 10.2 Å². The molecule has 1 aliphatic heterocycles. The van der Waals surface area contributed by atoms with Gasteiger partial charge in [-0.15, -0.1) is 0 Å². The van der Waals surface area contributed by atoms with Crippen LogP contribution >= 0.6 is 0 Å². The standard InChI is InChI=1S/C16H18N2O2S/c1-13-6-8-16(9-7-13)17-21(19,20)18-11-10-14-4-2-3-5-15(14)12-18/h2-9,17H,10-12H2,1H3. The molecule has 0 amide bonds. The highest BCUT2D eigenvalue weighted by molar-refractivity contribution is 7.90. The Kier molecular flexibility index (Phi) is 3.69. The van der Waals surface area contributed by atoms with Gasteiger partial charge in [-0.05, 0) is 36.6 Å². The van der Waals surface area contributed by atoms with Crippen molar-refractivity contribution in [2.75, 3.05) is 11.3 Å².